The predicted molar refractivity (Wildman–Crippen MR) is 137 cm³/mol. The lowest BCUT2D eigenvalue weighted by molar-refractivity contribution is -0.147. The van der Waals surface area contributed by atoms with E-state index in [0.29, 0.717) is 38.2 Å². The van der Waals surface area contributed by atoms with Crippen molar-refractivity contribution in [2.24, 2.45) is 0 Å². The second-order valence-corrected chi connectivity index (χ2v) is 11.2. The fraction of sp³-hybridized carbons (Fsp3) is 0.500. The maximum absolute atomic E-state index is 13.7. The number of ether oxygens (including phenoxy) is 3. The molecule has 3 rings (SSSR count). The molecule has 2 aromatic carbocycles. The van der Waals surface area contributed by atoms with Crippen LogP contribution >= 0.6 is 0 Å². The summed E-state index contributed by atoms with van der Waals surface area (Å²) in [6.07, 6.45) is -0.885. The van der Waals surface area contributed by atoms with Crippen LogP contribution < -0.4 is 15.4 Å². The van der Waals surface area contributed by atoms with E-state index < -0.39 is 39.2 Å². The number of unbranched alkanes of at least 4 members (excludes halogenated alkanes) is 1. The minimum Gasteiger partial charge on any atom is -0.497 e. The first kappa shape index (κ1) is 28.9. The molecular weight excluding hydrogens is 500 g/mol. The van der Waals surface area contributed by atoms with E-state index in [-0.39, 0.29) is 17.9 Å². The average molecular weight is 537 g/mol. The number of rotatable bonds is 14. The third kappa shape index (κ3) is 8.14. The van der Waals surface area contributed by atoms with Gasteiger partial charge in [0, 0.05) is 6.42 Å². The molecule has 0 spiro atoms. The summed E-state index contributed by atoms with van der Waals surface area (Å²) < 4.78 is 43.7. The van der Waals surface area contributed by atoms with Crippen LogP contribution in [0.3, 0.4) is 0 Å². The number of aliphatic hydroxyl groups is 1. The zero-order valence-corrected chi connectivity index (χ0v) is 21.9. The first-order chi connectivity index (χ1) is 17.6. The van der Waals surface area contributed by atoms with Crippen molar-refractivity contribution >= 4 is 15.9 Å². The smallest absolute Gasteiger partial charge is 0.404 e. The number of carbonyl (C=O) groups is 1. The van der Waals surface area contributed by atoms with Crippen molar-refractivity contribution in [3.63, 3.8) is 0 Å². The van der Waals surface area contributed by atoms with Crippen LogP contribution in [-0.2, 0) is 25.7 Å². The number of sulfone groups is 1. The maximum atomic E-state index is 13.7. The van der Waals surface area contributed by atoms with Gasteiger partial charge in [0.1, 0.15) is 17.2 Å². The highest BCUT2D eigenvalue weighted by Gasteiger charge is 2.39. The summed E-state index contributed by atoms with van der Waals surface area (Å²) in [4.78, 5) is 11.5. The Morgan fingerprint density at radius 3 is 2.32 bits per heavy atom. The lowest BCUT2D eigenvalue weighted by Gasteiger charge is -2.31. The van der Waals surface area contributed by atoms with Crippen LogP contribution in [0.4, 0.5) is 4.79 Å². The topological polar surface area (TPSA) is 143 Å². The Hall–Kier alpha value is -2.70. The van der Waals surface area contributed by atoms with E-state index >= 15 is 0 Å². The van der Waals surface area contributed by atoms with Crippen LogP contribution in [-0.4, -0.2) is 74.9 Å². The molecule has 11 heteroatoms. The van der Waals surface area contributed by atoms with Crippen molar-refractivity contribution in [3.05, 3.63) is 60.2 Å². The van der Waals surface area contributed by atoms with Crippen LogP contribution in [0, 0.1) is 0 Å². The highest BCUT2D eigenvalue weighted by Crippen LogP contribution is 2.25. The van der Waals surface area contributed by atoms with Crippen molar-refractivity contribution in [1.82, 2.24) is 10.6 Å². The molecule has 1 fully saturated rings. The molecule has 0 radical (unpaired) electrons. The van der Waals surface area contributed by atoms with E-state index in [4.69, 9.17) is 14.2 Å². The van der Waals surface area contributed by atoms with Crippen molar-refractivity contribution in [2.45, 2.75) is 60.8 Å². The number of amides is 1. The Kier molecular flexibility index (Phi) is 10.3. The van der Waals surface area contributed by atoms with Gasteiger partial charge in [-0.15, -0.1) is 0 Å². The summed E-state index contributed by atoms with van der Waals surface area (Å²) in [5.74, 6) is -0.149. The number of carboxylic acid groups (broad SMARTS) is 1. The predicted octanol–water partition coefficient (Wildman–Crippen LogP) is 2.56. The van der Waals surface area contributed by atoms with Crippen LogP contribution in [0.2, 0.25) is 0 Å². The molecule has 0 saturated carbocycles. The number of hydrogen-bond acceptors (Lipinski definition) is 8. The van der Waals surface area contributed by atoms with Crippen molar-refractivity contribution in [3.8, 4) is 5.75 Å². The fourth-order valence-electron chi connectivity index (χ4n) is 4.34. The summed E-state index contributed by atoms with van der Waals surface area (Å²) in [7, 11) is -2.63. The molecule has 1 saturated heterocycles. The number of hydrogen-bond donors (Lipinski definition) is 4. The standard InChI is InChI=1S/C26H36N2O8S/c1-26(35-16-17-36-26)14-6-7-15-27-24(37(32,33)21-12-10-20(34-2)11-13-21)23(29)22(28-25(30)31)18-19-8-4-3-5-9-19/h3-5,8-13,22-24,27-29H,6-7,14-18H2,1-2H3,(H,30,31)/t22-,23+,24?/m0/s1. The Morgan fingerprint density at radius 2 is 1.73 bits per heavy atom. The molecule has 0 bridgehead atoms. The second-order valence-electron chi connectivity index (χ2n) is 9.12. The SMILES string of the molecule is COc1ccc(S(=O)(=O)C(NCCCCC2(C)OCCO2)[C@H](O)[C@H](Cc2ccccc2)NC(=O)O)cc1. The molecule has 4 N–H and O–H groups in total. The van der Waals surface area contributed by atoms with E-state index in [1.807, 2.05) is 13.0 Å². The van der Waals surface area contributed by atoms with Gasteiger partial charge in [0.25, 0.3) is 0 Å². The van der Waals surface area contributed by atoms with E-state index in [2.05, 4.69) is 10.6 Å². The van der Waals surface area contributed by atoms with Gasteiger partial charge in [0.2, 0.25) is 0 Å². The van der Waals surface area contributed by atoms with Crippen LogP contribution in [0.15, 0.2) is 59.5 Å². The van der Waals surface area contributed by atoms with Gasteiger partial charge in [0.15, 0.2) is 15.6 Å². The van der Waals surface area contributed by atoms with Crippen molar-refractivity contribution in [2.75, 3.05) is 26.9 Å². The highest BCUT2D eigenvalue weighted by molar-refractivity contribution is 7.92. The molecule has 10 nitrogen and oxygen atoms in total. The maximum Gasteiger partial charge on any atom is 0.404 e. The monoisotopic (exact) mass is 536 g/mol. The normalized spacial score (nSPS) is 17.6. The Labute approximate surface area is 217 Å². The van der Waals surface area contributed by atoms with Crippen LogP contribution in [0.25, 0.3) is 0 Å². The van der Waals surface area contributed by atoms with Gasteiger partial charge < -0.3 is 29.7 Å². The van der Waals surface area contributed by atoms with Crippen LogP contribution in [0.5, 0.6) is 5.75 Å². The zero-order valence-electron chi connectivity index (χ0n) is 21.1. The molecule has 204 valence electrons. The fourth-order valence-corrected chi connectivity index (χ4v) is 6.04. The van der Waals surface area contributed by atoms with Gasteiger partial charge in [0.05, 0.1) is 31.3 Å². The first-order valence-electron chi connectivity index (χ1n) is 12.3. The summed E-state index contributed by atoms with van der Waals surface area (Å²) in [6, 6.07) is 13.8. The van der Waals surface area contributed by atoms with Gasteiger partial charge in [-0.3, -0.25) is 5.32 Å². The first-order valence-corrected chi connectivity index (χ1v) is 13.8. The van der Waals surface area contributed by atoms with E-state index in [1.165, 1.54) is 31.4 Å². The van der Waals surface area contributed by atoms with Crippen LogP contribution in [0.1, 0.15) is 31.7 Å². The second kappa shape index (κ2) is 13.2. The minimum atomic E-state index is -4.11. The molecule has 3 atom stereocenters. The molecule has 1 aliphatic rings. The molecule has 0 aliphatic carbocycles. The van der Waals surface area contributed by atoms with Gasteiger partial charge in [-0.2, -0.15) is 0 Å². The van der Waals surface area contributed by atoms with E-state index in [1.54, 1.807) is 24.3 Å². The summed E-state index contributed by atoms with van der Waals surface area (Å²) in [5, 5.41) is 24.6. The third-order valence-corrected chi connectivity index (χ3v) is 8.40. The summed E-state index contributed by atoms with van der Waals surface area (Å²) >= 11 is 0. The van der Waals surface area contributed by atoms with Crippen molar-refractivity contribution < 1.29 is 37.6 Å². The molecule has 1 unspecified atom stereocenters. The average Bonchev–Trinajstić information content (AvgIpc) is 3.32. The lowest BCUT2D eigenvalue weighted by Crippen LogP contribution is -2.56. The molecule has 1 heterocycles. The summed E-state index contributed by atoms with van der Waals surface area (Å²) in [5.41, 5.74) is 0.755. The molecule has 1 amide bonds. The van der Waals surface area contributed by atoms with Gasteiger partial charge >= 0.3 is 6.09 Å². The molecular formula is C26H36N2O8S. The van der Waals surface area contributed by atoms with Crippen molar-refractivity contribution in [1.29, 1.82) is 0 Å². The molecule has 1 aliphatic heterocycles. The Balaban J connectivity index is 1.79. The minimum absolute atomic E-state index is 0.0149. The number of nitrogens with one attached hydrogen (secondary N) is 2. The number of aliphatic hydroxyl groups excluding tert-OH is 1. The number of methoxy groups -OCH3 is 1. The number of benzene rings is 2. The largest absolute Gasteiger partial charge is 0.497 e. The van der Waals surface area contributed by atoms with Gasteiger partial charge in [-0.1, -0.05) is 30.3 Å². The quantitative estimate of drug-likeness (QED) is 0.268. The molecule has 2 aromatic rings. The zero-order chi connectivity index (χ0) is 26.9. The van der Waals surface area contributed by atoms with Gasteiger partial charge in [-0.25, -0.2) is 13.2 Å². The van der Waals surface area contributed by atoms with Gasteiger partial charge in [-0.05, 0) is 62.6 Å². The van der Waals surface area contributed by atoms with E-state index in [0.717, 1.165) is 5.56 Å². The highest BCUT2D eigenvalue weighted by atomic mass is 32.2. The Bertz CT molecular complexity index is 1090. The molecule has 0 aromatic heterocycles. The lowest BCUT2D eigenvalue weighted by atomic mass is 10.0. The Morgan fingerprint density at radius 1 is 1.08 bits per heavy atom. The third-order valence-electron chi connectivity index (χ3n) is 6.35. The molecule has 37 heavy (non-hydrogen) atoms. The summed E-state index contributed by atoms with van der Waals surface area (Å²) in [6.45, 7) is 3.24. The van der Waals surface area contributed by atoms with E-state index in [9.17, 15) is 23.4 Å².